The van der Waals surface area contributed by atoms with Crippen molar-refractivity contribution in [3.63, 3.8) is 0 Å². The maximum absolute atomic E-state index is 11.5. The third-order valence-electron chi connectivity index (χ3n) is 4.26. The predicted octanol–water partition coefficient (Wildman–Crippen LogP) is 2.73. The minimum absolute atomic E-state index is 0.183. The molecule has 0 spiro atoms. The highest BCUT2D eigenvalue weighted by molar-refractivity contribution is 5.73. The molecule has 21 heavy (non-hydrogen) atoms. The zero-order chi connectivity index (χ0) is 14.8. The van der Waals surface area contributed by atoms with Crippen molar-refractivity contribution in [1.82, 2.24) is 14.5 Å². The molecule has 4 heteroatoms. The molecule has 110 valence electrons. The van der Waals surface area contributed by atoms with Crippen LogP contribution in [0.15, 0.2) is 36.5 Å². The molecule has 0 N–H and O–H groups in total. The summed E-state index contributed by atoms with van der Waals surface area (Å²) < 4.78 is 2.28. The Kier molecular flexibility index (Phi) is 3.78. The van der Waals surface area contributed by atoms with E-state index in [1.165, 1.54) is 5.69 Å². The van der Waals surface area contributed by atoms with Crippen LogP contribution in [0.4, 0.5) is 0 Å². The number of imidazole rings is 1. The van der Waals surface area contributed by atoms with E-state index >= 15 is 0 Å². The second-order valence-electron chi connectivity index (χ2n) is 5.82. The van der Waals surface area contributed by atoms with E-state index in [4.69, 9.17) is 0 Å². The summed E-state index contributed by atoms with van der Waals surface area (Å²) in [6.45, 7) is 6.42. The van der Waals surface area contributed by atoms with Gasteiger partial charge in [0.2, 0.25) is 5.91 Å². The molecule has 3 rings (SSSR count). The molecule has 1 fully saturated rings. The number of carbonyl (C=O) groups excluding carboxylic acids is 1. The van der Waals surface area contributed by atoms with Gasteiger partial charge < -0.3 is 9.47 Å². The molecule has 0 saturated carbocycles. The Bertz CT molecular complexity index is 633. The Morgan fingerprint density at radius 1 is 1.33 bits per heavy atom. The van der Waals surface area contributed by atoms with Gasteiger partial charge in [0.25, 0.3) is 0 Å². The van der Waals surface area contributed by atoms with E-state index in [-0.39, 0.29) is 5.91 Å². The lowest BCUT2D eigenvalue weighted by molar-refractivity contribution is -0.127. The molecule has 1 unspecified atom stereocenters. The maximum Gasteiger partial charge on any atom is 0.219 e. The van der Waals surface area contributed by atoms with Gasteiger partial charge in [-0.05, 0) is 19.3 Å². The molecule has 0 bridgehead atoms. The predicted molar refractivity (Wildman–Crippen MR) is 82.8 cm³/mol. The van der Waals surface area contributed by atoms with Crippen LogP contribution in [0.5, 0.6) is 0 Å². The van der Waals surface area contributed by atoms with Crippen LogP contribution in [-0.4, -0.2) is 33.4 Å². The first-order valence-corrected chi connectivity index (χ1v) is 7.48. The van der Waals surface area contributed by atoms with Gasteiger partial charge in [-0.15, -0.1) is 0 Å². The summed E-state index contributed by atoms with van der Waals surface area (Å²) >= 11 is 0. The molecular formula is C17H21N3O. The summed E-state index contributed by atoms with van der Waals surface area (Å²) in [5.41, 5.74) is 2.32. The van der Waals surface area contributed by atoms with Gasteiger partial charge in [-0.25, -0.2) is 4.98 Å². The van der Waals surface area contributed by atoms with Crippen molar-refractivity contribution in [3.8, 4) is 11.4 Å². The molecule has 1 saturated heterocycles. The fourth-order valence-electron chi connectivity index (χ4n) is 3.03. The normalized spacial score (nSPS) is 18.2. The van der Waals surface area contributed by atoms with Crippen molar-refractivity contribution < 1.29 is 4.79 Å². The first-order chi connectivity index (χ1) is 10.1. The van der Waals surface area contributed by atoms with E-state index in [2.05, 4.69) is 28.6 Å². The third-order valence-corrected chi connectivity index (χ3v) is 4.26. The Hall–Kier alpha value is -2.10. The molecule has 4 nitrogen and oxygen atoms in total. The highest BCUT2D eigenvalue weighted by Crippen LogP contribution is 2.24. The SMILES string of the molecule is CC(=O)N1CCC(Cn2c(C)cnc2-c2ccccc2)C1. The molecule has 1 aromatic carbocycles. The summed E-state index contributed by atoms with van der Waals surface area (Å²) in [6, 6.07) is 10.3. The summed E-state index contributed by atoms with van der Waals surface area (Å²) in [7, 11) is 0. The molecule has 1 amide bonds. The van der Waals surface area contributed by atoms with Crippen LogP contribution in [0, 0.1) is 12.8 Å². The molecule has 1 atom stereocenters. The lowest BCUT2D eigenvalue weighted by Gasteiger charge is -2.16. The average molecular weight is 283 g/mol. The van der Waals surface area contributed by atoms with Crippen LogP contribution in [0.25, 0.3) is 11.4 Å². The summed E-state index contributed by atoms with van der Waals surface area (Å²) in [5, 5.41) is 0. The monoisotopic (exact) mass is 283 g/mol. The molecular weight excluding hydrogens is 262 g/mol. The quantitative estimate of drug-likeness (QED) is 0.868. The average Bonchev–Trinajstić information content (AvgIpc) is 3.09. The molecule has 0 radical (unpaired) electrons. The molecule has 1 aliphatic rings. The van der Waals surface area contributed by atoms with Gasteiger partial charge in [-0.3, -0.25) is 4.79 Å². The molecule has 1 aliphatic heterocycles. The highest BCUT2D eigenvalue weighted by Gasteiger charge is 2.25. The van der Waals surface area contributed by atoms with E-state index in [1.54, 1.807) is 6.92 Å². The molecule has 1 aromatic heterocycles. The van der Waals surface area contributed by atoms with Crippen molar-refractivity contribution in [3.05, 3.63) is 42.2 Å². The minimum Gasteiger partial charge on any atom is -0.343 e. The van der Waals surface area contributed by atoms with Crippen LogP contribution in [0.2, 0.25) is 0 Å². The number of benzene rings is 1. The largest absolute Gasteiger partial charge is 0.343 e. The van der Waals surface area contributed by atoms with Gasteiger partial charge in [-0.1, -0.05) is 30.3 Å². The van der Waals surface area contributed by atoms with E-state index in [0.29, 0.717) is 5.92 Å². The Labute approximate surface area is 125 Å². The van der Waals surface area contributed by atoms with Gasteiger partial charge in [0, 0.05) is 44.0 Å². The van der Waals surface area contributed by atoms with Crippen LogP contribution in [0.3, 0.4) is 0 Å². The van der Waals surface area contributed by atoms with E-state index in [1.807, 2.05) is 29.3 Å². The van der Waals surface area contributed by atoms with E-state index in [9.17, 15) is 4.79 Å². The molecule has 2 aromatic rings. The first kappa shape index (κ1) is 13.9. The number of rotatable bonds is 3. The Morgan fingerprint density at radius 2 is 2.10 bits per heavy atom. The van der Waals surface area contributed by atoms with Gasteiger partial charge in [0.15, 0.2) is 0 Å². The summed E-state index contributed by atoms with van der Waals surface area (Å²) in [6.07, 6.45) is 3.01. The van der Waals surface area contributed by atoms with Crippen molar-refractivity contribution in [2.24, 2.45) is 5.92 Å². The summed E-state index contributed by atoms with van der Waals surface area (Å²) in [5.74, 6) is 1.72. The number of amides is 1. The van der Waals surface area contributed by atoms with E-state index < -0.39 is 0 Å². The van der Waals surface area contributed by atoms with Crippen LogP contribution in [-0.2, 0) is 11.3 Å². The number of aromatic nitrogens is 2. The second kappa shape index (κ2) is 5.72. The third kappa shape index (κ3) is 2.84. The van der Waals surface area contributed by atoms with Gasteiger partial charge in [-0.2, -0.15) is 0 Å². The highest BCUT2D eigenvalue weighted by atomic mass is 16.2. The Balaban J connectivity index is 1.80. The number of nitrogens with zero attached hydrogens (tertiary/aromatic N) is 3. The fraction of sp³-hybridized carbons (Fsp3) is 0.412. The number of aryl methyl sites for hydroxylation is 1. The first-order valence-electron chi connectivity index (χ1n) is 7.48. The zero-order valence-corrected chi connectivity index (χ0v) is 12.6. The lowest BCUT2D eigenvalue weighted by atomic mass is 10.1. The Morgan fingerprint density at radius 3 is 2.76 bits per heavy atom. The van der Waals surface area contributed by atoms with E-state index in [0.717, 1.165) is 37.4 Å². The standard InChI is InChI=1S/C17H21N3O/c1-13-10-18-17(16-6-4-3-5-7-16)20(13)12-15-8-9-19(11-15)14(2)21/h3-7,10,15H,8-9,11-12H2,1-2H3. The topological polar surface area (TPSA) is 38.1 Å². The van der Waals surface area contributed by atoms with Crippen LogP contribution >= 0.6 is 0 Å². The molecule has 0 aliphatic carbocycles. The van der Waals surface area contributed by atoms with Crippen molar-refractivity contribution in [2.45, 2.75) is 26.8 Å². The van der Waals surface area contributed by atoms with Crippen molar-refractivity contribution in [2.75, 3.05) is 13.1 Å². The number of hydrogen-bond acceptors (Lipinski definition) is 2. The van der Waals surface area contributed by atoms with Crippen molar-refractivity contribution in [1.29, 1.82) is 0 Å². The number of carbonyl (C=O) groups is 1. The van der Waals surface area contributed by atoms with Gasteiger partial charge in [0.05, 0.1) is 0 Å². The van der Waals surface area contributed by atoms with Crippen LogP contribution < -0.4 is 0 Å². The van der Waals surface area contributed by atoms with Crippen LogP contribution in [0.1, 0.15) is 19.0 Å². The lowest BCUT2D eigenvalue weighted by Crippen LogP contribution is -2.26. The van der Waals surface area contributed by atoms with Gasteiger partial charge >= 0.3 is 0 Å². The minimum atomic E-state index is 0.183. The van der Waals surface area contributed by atoms with Gasteiger partial charge in [0.1, 0.15) is 5.82 Å². The smallest absolute Gasteiger partial charge is 0.219 e. The fourth-order valence-corrected chi connectivity index (χ4v) is 3.03. The number of likely N-dealkylation sites (tertiary alicyclic amines) is 1. The molecule has 2 heterocycles. The second-order valence-corrected chi connectivity index (χ2v) is 5.82. The zero-order valence-electron chi connectivity index (χ0n) is 12.6. The number of hydrogen-bond donors (Lipinski definition) is 0. The summed E-state index contributed by atoms with van der Waals surface area (Å²) in [4.78, 5) is 18.0. The van der Waals surface area contributed by atoms with Crippen molar-refractivity contribution >= 4 is 5.91 Å². The maximum atomic E-state index is 11.5.